The van der Waals surface area contributed by atoms with Gasteiger partial charge in [0.05, 0.1) is 12.4 Å². The van der Waals surface area contributed by atoms with Crippen LogP contribution in [0.2, 0.25) is 0 Å². The van der Waals surface area contributed by atoms with Crippen LogP contribution in [0, 0.1) is 5.92 Å². The second-order valence-electron chi connectivity index (χ2n) is 4.98. The van der Waals surface area contributed by atoms with E-state index in [-0.39, 0.29) is 0 Å². The van der Waals surface area contributed by atoms with Crippen molar-refractivity contribution in [2.45, 2.75) is 46.9 Å². The van der Waals surface area contributed by atoms with Crippen molar-refractivity contribution in [2.75, 3.05) is 0 Å². The number of aromatic nitrogens is 5. The molecule has 0 spiro atoms. The average Bonchev–Trinajstić information content (AvgIpc) is 2.96. The SMILES string of the molecule is CCCn1cc(OCc2ncnn2CC(C)C)cn1. The van der Waals surface area contributed by atoms with E-state index in [4.69, 9.17) is 4.74 Å². The topological polar surface area (TPSA) is 57.8 Å². The fourth-order valence-corrected chi connectivity index (χ4v) is 1.82. The molecule has 0 saturated heterocycles. The summed E-state index contributed by atoms with van der Waals surface area (Å²) >= 11 is 0. The van der Waals surface area contributed by atoms with Gasteiger partial charge >= 0.3 is 0 Å². The zero-order valence-corrected chi connectivity index (χ0v) is 11.8. The molecule has 6 heteroatoms. The Morgan fingerprint density at radius 1 is 1.32 bits per heavy atom. The molecule has 0 atom stereocenters. The first-order chi connectivity index (χ1) is 9.19. The van der Waals surface area contributed by atoms with Gasteiger partial charge in [0.1, 0.15) is 12.9 Å². The average molecular weight is 263 g/mol. The van der Waals surface area contributed by atoms with Crippen molar-refractivity contribution in [3.8, 4) is 5.75 Å². The summed E-state index contributed by atoms with van der Waals surface area (Å²) in [4.78, 5) is 4.23. The highest BCUT2D eigenvalue weighted by Crippen LogP contribution is 2.11. The molecule has 2 aromatic rings. The summed E-state index contributed by atoms with van der Waals surface area (Å²) in [6.07, 6.45) is 6.27. The van der Waals surface area contributed by atoms with Gasteiger partial charge in [-0.1, -0.05) is 20.8 Å². The lowest BCUT2D eigenvalue weighted by atomic mass is 10.2. The van der Waals surface area contributed by atoms with E-state index in [1.165, 1.54) is 0 Å². The number of ether oxygens (including phenoxy) is 1. The van der Waals surface area contributed by atoms with Crippen LogP contribution in [-0.2, 0) is 19.7 Å². The van der Waals surface area contributed by atoms with E-state index in [9.17, 15) is 0 Å². The first-order valence-electron chi connectivity index (χ1n) is 6.71. The Balaban J connectivity index is 1.92. The molecule has 0 aliphatic rings. The summed E-state index contributed by atoms with van der Waals surface area (Å²) in [5, 5.41) is 8.43. The van der Waals surface area contributed by atoms with Crippen LogP contribution in [0.5, 0.6) is 5.75 Å². The molecule has 19 heavy (non-hydrogen) atoms. The fraction of sp³-hybridized carbons (Fsp3) is 0.615. The summed E-state index contributed by atoms with van der Waals surface area (Å²) in [6, 6.07) is 0. The smallest absolute Gasteiger partial charge is 0.164 e. The van der Waals surface area contributed by atoms with Crippen molar-refractivity contribution in [1.29, 1.82) is 0 Å². The van der Waals surface area contributed by atoms with Gasteiger partial charge in [-0.15, -0.1) is 0 Å². The molecule has 6 nitrogen and oxygen atoms in total. The molecular weight excluding hydrogens is 242 g/mol. The molecule has 0 unspecified atom stereocenters. The predicted molar refractivity (Wildman–Crippen MR) is 71.7 cm³/mol. The predicted octanol–water partition coefficient (Wildman–Crippen LogP) is 2.12. The van der Waals surface area contributed by atoms with Crippen molar-refractivity contribution < 1.29 is 4.74 Å². The third-order valence-electron chi connectivity index (χ3n) is 2.66. The number of hydrogen-bond donors (Lipinski definition) is 0. The normalized spacial score (nSPS) is 11.2. The van der Waals surface area contributed by atoms with Crippen LogP contribution in [0.3, 0.4) is 0 Å². The molecule has 0 aromatic carbocycles. The van der Waals surface area contributed by atoms with Crippen LogP contribution in [-0.4, -0.2) is 24.5 Å². The van der Waals surface area contributed by atoms with Gasteiger partial charge in [0, 0.05) is 13.1 Å². The van der Waals surface area contributed by atoms with Gasteiger partial charge in [0.2, 0.25) is 0 Å². The summed E-state index contributed by atoms with van der Waals surface area (Å²) in [5.74, 6) is 2.15. The molecule has 0 bridgehead atoms. The maximum Gasteiger partial charge on any atom is 0.164 e. The Morgan fingerprint density at radius 3 is 2.89 bits per heavy atom. The zero-order chi connectivity index (χ0) is 13.7. The fourth-order valence-electron chi connectivity index (χ4n) is 1.82. The Labute approximate surface area is 113 Å². The highest BCUT2D eigenvalue weighted by Gasteiger charge is 2.07. The van der Waals surface area contributed by atoms with Gasteiger partial charge in [0.25, 0.3) is 0 Å². The second kappa shape index (κ2) is 6.36. The summed E-state index contributed by atoms with van der Waals surface area (Å²) in [6.45, 7) is 8.62. The number of aryl methyl sites for hydroxylation is 1. The molecule has 2 rings (SSSR count). The van der Waals surface area contributed by atoms with Gasteiger partial charge in [-0.05, 0) is 12.3 Å². The molecule has 0 aliphatic carbocycles. The number of hydrogen-bond acceptors (Lipinski definition) is 4. The first-order valence-corrected chi connectivity index (χ1v) is 6.71. The summed E-state index contributed by atoms with van der Waals surface area (Å²) < 4.78 is 9.47. The molecular formula is C13H21N5O. The molecule has 0 saturated carbocycles. The van der Waals surface area contributed by atoms with Crippen LogP contribution in [0.4, 0.5) is 0 Å². The van der Waals surface area contributed by atoms with E-state index < -0.39 is 0 Å². The van der Waals surface area contributed by atoms with Crippen molar-refractivity contribution in [2.24, 2.45) is 5.92 Å². The highest BCUT2D eigenvalue weighted by atomic mass is 16.5. The number of rotatable bonds is 7. The maximum absolute atomic E-state index is 5.69. The zero-order valence-electron chi connectivity index (χ0n) is 11.8. The molecule has 104 valence electrons. The Bertz CT molecular complexity index is 503. The first kappa shape index (κ1) is 13.6. The largest absolute Gasteiger partial charge is 0.482 e. The van der Waals surface area contributed by atoms with Crippen molar-refractivity contribution in [3.05, 3.63) is 24.5 Å². The molecule has 2 heterocycles. The van der Waals surface area contributed by atoms with Crippen molar-refractivity contribution in [3.63, 3.8) is 0 Å². The molecule has 0 amide bonds. The molecule has 0 N–H and O–H groups in total. The summed E-state index contributed by atoms with van der Waals surface area (Å²) in [5.41, 5.74) is 0. The standard InChI is InChI=1S/C13H21N5O/c1-4-5-17-8-12(6-15-17)19-9-13-14-10-16-18(13)7-11(2)3/h6,8,10-11H,4-5,7,9H2,1-3H3. The Kier molecular flexibility index (Phi) is 4.54. The minimum absolute atomic E-state index is 0.421. The van der Waals surface area contributed by atoms with Crippen molar-refractivity contribution >= 4 is 0 Å². The molecule has 2 aromatic heterocycles. The van der Waals surface area contributed by atoms with E-state index in [0.29, 0.717) is 12.5 Å². The third-order valence-corrected chi connectivity index (χ3v) is 2.66. The van der Waals surface area contributed by atoms with E-state index >= 15 is 0 Å². The van der Waals surface area contributed by atoms with Crippen LogP contribution in [0.15, 0.2) is 18.7 Å². The van der Waals surface area contributed by atoms with Crippen molar-refractivity contribution in [1.82, 2.24) is 24.5 Å². The molecule has 0 radical (unpaired) electrons. The van der Waals surface area contributed by atoms with Crippen LogP contribution in [0.25, 0.3) is 0 Å². The van der Waals surface area contributed by atoms with Crippen LogP contribution >= 0.6 is 0 Å². The second-order valence-corrected chi connectivity index (χ2v) is 4.98. The third kappa shape index (κ3) is 3.81. The lowest BCUT2D eigenvalue weighted by Crippen LogP contribution is -2.12. The van der Waals surface area contributed by atoms with E-state index in [1.54, 1.807) is 12.5 Å². The van der Waals surface area contributed by atoms with E-state index in [0.717, 1.165) is 31.1 Å². The molecule has 0 fully saturated rings. The lowest BCUT2D eigenvalue weighted by molar-refractivity contribution is 0.282. The van der Waals surface area contributed by atoms with Crippen LogP contribution in [0.1, 0.15) is 33.0 Å². The van der Waals surface area contributed by atoms with Gasteiger partial charge in [-0.2, -0.15) is 10.2 Å². The van der Waals surface area contributed by atoms with Gasteiger partial charge in [0.15, 0.2) is 11.6 Å². The Morgan fingerprint density at radius 2 is 2.16 bits per heavy atom. The summed E-state index contributed by atoms with van der Waals surface area (Å²) in [7, 11) is 0. The quantitative estimate of drug-likeness (QED) is 0.767. The van der Waals surface area contributed by atoms with Gasteiger partial charge in [-0.3, -0.25) is 4.68 Å². The van der Waals surface area contributed by atoms with Gasteiger partial charge < -0.3 is 4.74 Å². The minimum Gasteiger partial charge on any atom is -0.482 e. The van der Waals surface area contributed by atoms with E-state index in [2.05, 4.69) is 36.0 Å². The van der Waals surface area contributed by atoms with E-state index in [1.807, 2.05) is 15.6 Å². The number of nitrogens with zero attached hydrogens (tertiary/aromatic N) is 5. The Hall–Kier alpha value is -1.85. The monoisotopic (exact) mass is 263 g/mol. The lowest BCUT2D eigenvalue weighted by Gasteiger charge is -2.08. The highest BCUT2D eigenvalue weighted by molar-refractivity contribution is 5.11. The molecule has 0 aliphatic heterocycles. The maximum atomic E-state index is 5.69. The minimum atomic E-state index is 0.421. The van der Waals surface area contributed by atoms with Gasteiger partial charge in [-0.25, -0.2) is 9.67 Å². The van der Waals surface area contributed by atoms with Crippen LogP contribution < -0.4 is 4.74 Å².